The van der Waals surface area contributed by atoms with Gasteiger partial charge in [-0.1, -0.05) is 36.5 Å². The predicted molar refractivity (Wildman–Crippen MR) is 45.6 cm³/mol. The molecule has 1 aliphatic rings. The molecule has 0 nitrogen and oxygen atoms in total. The van der Waals surface area contributed by atoms with E-state index in [-0.39, 0.29) is 0 Å². The summed E-state index contributed by atoms with van der Waals surface area (Å²) < 4.78 is 0. The fourth-order valence-electron chi connectivity index (χ4n) is 0.874. The van der Waals surface area contributed by atoms with Gasteiger partial charge in [0.05, 0.1) is 0 Å². The molecule has 0 bridgehead atoms. The summed E-state index contributed by atoms with van der Waals surface area (Å²) in [4.78, 5) is 0. The molecular formula is C10H13. The number of rotatable bonds is 0. The van der Waals surface area contributed by atoms with Crippen molar-refractivity contribution in [3.8, 4) is 0 Å². The molecule has 0 aromatic carbocycles. The molecule has 53 valence electrons. The van der Waals surface area contributed by atoms with Crippen molar-refractivity contribution in [2.45, 2.75) is 19.3 Å². The molecular weight excluding hydrogens is 120 g/mol. The highest BCUT2D eigenvalue weighted by atomic mass is 13.9. The van der Waals surface area contributed by atoms with E-state index in [2.05, 4.69) is 42.9 Å². The Morgan fingerprint density at radius 1 is 0.600 bits per heavy atom. The number of hydrogen-bond acceptors (Lipinski definition) is 0. The van der Waals surface area contributed by atoms with E-state index < -0.39 is 0 Å². The van der Waals surface area contributed by atoms with Crippen molar-refractivity contribution in [3.05, 3.63) is 42.9 Å². The van der Waals surface area contributed by atoms with Crippen LogP contribution in [0.2, 0.25) is 0 Å². The third-order valence-electron chi connectivity index (χ3n) is 1.42. The minimum Gasteiger partial charge on any atom is -0.0876 e. The Morgan fingerprint density at radius 2 is 1.20 bits per heavy atom. The highest BCUT2D eigenvalue weighted by Gasteiger charge is 1.79. The molecule has 0 aliphatic heterocycles. The maximum absolute atomic E-state index is 2.20. The van der Waals surface area contributed by atoms with Crippen molar-refractivity contribution in [3.63, 3.8) is 0 Å². The first-order chi connectivity index (χ1) is 5.00. The second-order valence-corrected chi connectivity index (χ2v) is 2.31. The largest absolute Gasteiger partial charge is 0.0876 e. The van der Waals surface area contributed by atoms with Gasteiger partial charge in [0, 0.05) is 0 Å². The Kier molecular flexibility index (Phi) is 3.69. The van der Waals surface area contributed by atoms with Crippen LogP contribution in [0.3, 0.4) is 0 Å². The zero-order valence-electron chi connectivity index (χ0n) is 6.16. The van der Waals surface area contributed by atoms with Gasteiger partial charge < -0.3 is 0 Å². The highest BCUT2D eigenvalue weighted by molar-refractivity contribution is 5.05. The molecule has 0 unspecified atom stereocenters. The Bertz CT molecular complexity index is 131. The van der Waals surface area contributed by atoms with Crippen LogP contribution >= 0.6 is 0 Å². The predicted octanol–water partition coefficient (Wildman–Crippen LogP) is 3.04. The first kappa shape index (κ1) is 7.33. The summed E-state index contributed by atoms with van der Waals surface area (Å²) in [6, 6.07) is 0. The molecule has 0 atom stereocenters. The average molecular weight is 133 g/mol. The minimum atomic E-state index is 1.07. The average Bonchev–Trinajstić information content (AvgIpc) is 2.01. The topological polar surface area (TPSA) is 0 Å². The van der Waals surface area contributed by atoms with Gasteiger partial charge >= 0.3 is 0 Å². The third-order valence-corrected chi connectivity index (χ3v) is 1.42. The van der Waals surface area contributed by atoms with E-state index in [9.17, 15) is 0 Å². The SMILES string of the molecule is [CH]1C=CCC=CCC=CC1. The van der Waals surface area contributed by atoms with E-state index in [0.717, 1.165) is 19.3 Å². The summed E-state index contributed by atoms with van der Waals surface area (Å²) in [6.45, 7) is 0. The van der Waals surface area contributed by atoms with Crippen LogP contribution < -0.4 is 0 Å². The molecule has 1 rings (SSSR count). The molecule has 0 heteroatoms. The highest BCUT2D eigenvalue weighted by Crippen LogP contribution is 1.98. The van der Waals surface area contributed by atoms with E-state index in [1.165, 1.54) is 0 Å². The van der Waals surface area contributed by atoms with Crippen LogP contribution in [0.4, 0.5) is 0 Å². The van der Waals surface area contributed by atoms with Crippen LogP contribution in [0.1, 0.15) is 19.3 Å². The standard InChI is InChI=1S/C10H13/c1-2-4-6-8-10-9-7-5-3-1/h1-3,6-9H,4-5,10H2. The Morgan fingerprint density at radius 3 is 2.00 bits per heavy atom. The molecule has 0 spiro atoms. The molecule has 0 aromatic rings. The van der Waals surface area contributed by atoms with Gasteiger partial charge in [-0.15, -0.1) is 0 Å². The molecule has 1 aliphatic carbocycles. The summed E-state index contributed by atoms with van der Waals surface area (Å²) >= 11 is 0. The number of allylic oxidation sites excluding steroid dienone is 6. The first-order valence-electron chi connectivity index (χ1n) is 3.78. The summed E-state index contributed by atoms with van der Waals surface area (Å²) in [7, 11) is 0. The summed E-state index contributed by atoms with van der Waals surface area (Å²) in [5, 5.41) is 0. The maximum Gasteiger partial charge on any atom is -0.0133 e. The van der Waals surface area contributed by atoms with Crippen LogP contribution in [0.5, 0.6) is 0 Å². The molecule has 0 fully saturated rings. The van der Waals surface area contributed by atoms with Crippen LogP contribution in [0.25, 0.3) is 0 Å². The second-order valence-electron chi connectivity index (χ2n) is 2.31. The molecule has 0 aromatic heterocycles. The van der Waals surface area contributed by atoms with Gasteiger partial charge in [0.25, 0.3) is 0 Å². The van der Waals surface area contributed by atoms with Gasteiger partial charge in [-0.3, -0.25) is 0 Å². The molecule has 0 saturated heterocycles. The summed E-state index contributed by atoms with van der Waals surface area (Å²) in [5.41, 5.74) is 0. The van der Waals surface area contributed by atoms with E-state index in [1.54, 1.807) is 0 Å². The monoisotopic (exact) mass is 133 g/mol. The lowest BCUT2D eigenvalue weighted by Crippen LogP contribution is -1.69. The lowest BCUT2D eigenvalue weighted by Gasteiger charge is -1.89. The Balaban J connectivity index is 2.38. The fourth-order valence-corrected chi connectivity index (χ4v) is 0.874. The van der Waals surface area contributed by atoms with E-state index in [0.29, 0.717) is 0 Å². The molecule has 0 heterocycles. The fraction of sp³-hybridized carbons (Fsp3) is 0.300. The van der Waals surface area contributed by atoms with Gasteiger partial charge in [-0.2, -0.15) is 0 Å². The molecule has 1 radical (unpaired) electrons. The van der Waals surface area contributed by atoms with Crippen molar-refractivity contribution < 1.29 is 0 Å². The van der Waals surface area contributed by atoms with Gasteiger partial charge in [0.15, 0.2) is 0 Å². The van der Waals surface area contributed by atoms with Crippen molar-refractivity contribution >= 4 is 0 Å². The lowest BCUT2D eigenvalue weighted by molar-refractivity contribution is 1.21. The summed E-state index contributed by atoms with van der Waals surface area (Å²) in [5.74, 6) is 0. The minimum absolute atomic E-state index is 1.07. The lowest BCUT2D eigenvalue weighted by atomic mass is 10.2. The van der Waals surface area contributed by atoms with Gasteiger partial charge in [0.2, 0.25) is 0 Å². The second kappa shape index (κ2) is 5.04. The van der Waals surface area contributed by atoms with Crippen molar-refractivity contribution in [1.82, 2.24) is 0 Å². The zero-order chi connectivity index (χ0) is 7.07. The Labute approximate surface area is 62.9 Å². The normalized spacial score (nSPS) is 19.2. The number of hydrogen-bond donors (Lipinski definition) is 0. The van der Waals surface area contributed by atoms with Crippen molar-refractivity contribution in [2.24, 2.45) is 0 Å². The molecule has 0 N–H and O–H groups in total. The zero-order valence-corrected chi connectivity index (χ0v) is 6.16. The van der Waals surface area contributed by atoms with Crippen molar-refractivity contribution in [2.75, 3.05) is 0 Å². The molecule has 0 saturated carbocycles. The van der Waals surface area contributed by atoms with E-state index in [1.807, 2.05) is 0 Å². The van der Waals surface area contributed by atoms with Gasteiger partial charge in [0.1, 0.15) is 0 Å². The Hall–Kier alpha value is -0.780. The molecule has 0 amide bonds. The van der Waals surface area contributed by atoms with Gasteiger partial charge in [-0.05, 0) is 25.7 Å². The van der Waals surface area contributed by atoms with Crippen molar-refractivity contribution in [1.29, 1.82) is 0 Å². The quantitative estimate of drug-likeness (QED) is 0.445. The first-order valence-corrected chi connectivity index (χ1v) is 3.78. The van der Waals surface area contributed by atoms with Crippen LogP contribution in [-0.2, 0) is 0 Å². The maximum atomic E-state index is 2.20. The van der Waals surface area contributed by atoms with E-state index in [4.69, 9.17) is 0 Å². The summed E-state index contributed by atoms with van der Waals surface area (Å²) in [6.07, 6.45) is 18.5. The van der Waals surface area contributed by atoms with Crippen LogP contribution in [0, 0.1) is 6.42 Å². The third kappa shape index (κ3) is 3.29. The van der Waals surface area contributed by atoms with E-state index >= 15 is 0 Å². The smallest absolute Gasteiger partial charge is 0.0133 e. The van der Waals surface area contributed by atoms with Gasteiger partial charge in [-0.25, -0.2) is 0 Å². The molecule has 10 heavy (non-hydrogen) atoms. The van der Waals surface area contributed by atoms with Crippen LogP contribution in [0.15, 0.2) is 36.5 Å². The van der Waals surface area contributed by atoms with Crippen LogP contribution in [-0.4, -0.2) is 0 Å².